The normalized spacial score (nSPS) is 9.16. The van der Waals surface area contributed by atoms with Crippen LogP contribution in [0.5, 0.6) is 0 Å². The zero-order valence-corrected chi connectivity index (χ0v) is 9.85. The average Bonchev–Trinajstić information content (AvgIpc) is 2.95. The standard InChI is InChI=1S/C12H9N7/c13-5-12(6-14)18-17-11-3-1-10(2-4-11)7-19-9-15-8-16-19/h1-4,8-9,17H,7H2. The van der Waals surface area contributed by atoms with Crippen molar-refractivity contribution in [3.8, 4) is 12.1 Å². The quantitative estimate of drug-likeness (QED) is 0.648. The van der Waals surface area contributed by atoms with Gasteiger partial charge in [-0.05, 0) is 17.7 Å². The van der Waals surface area contributed by atoms with E-state index in [1.165, 1.54) is 6.33 Å². The summed E-state index contributed by atoms with van der Waals surface area (Å²) in [6.07, 6.45) is 3.12. The van der Waals surface area contributed by atoms with Gasteiger partial charge in [0.05, 0.1) is 12.2 Å². The van der Waals surface area contributed by atoms with Crippen molar-refractivity contribution in [2.45, 2.75) is 6.54 Å². The van der Waals surface area contributed by atoms with Gasteiger partial charge >= 0.3 is 0 Å². The van der Waals surface area contributed by atoms with Gasteiger partial charge in [-0.3, -0.25) is 5.43 Å². The molecule has 0 aliphatic carbocycles. The molecule has 1 aromatic carbocycles. The van der Waals surface area contributed by atoms with Crippen molar-refractivity contribution < 1.29 is 0 Å². The SMILES string of the molecule is N#CC(C#N)=NNc1ccc(Cn2cncn2)cc1. The number of hydrazone groups is 1. The fourth-order valence-electron chi connectivity index (χ4n) is 1.38. The molecule has 0 aliphatic rings. The van der Waals surface area contributed by atoms with Crippen molar-refractivity contribution in [3.63, 3.8) is 0 Å². The van der Waals surface area contributed by atoms with E-state index in [1.54, 1.807) is 23.1 Å². The van der Waals surface area contributed by atoms with Gasteiger partial charge in [0.15, 0.2) is 0 Å². The average molecular weight is 251 g/mol. The summed E-state index contributed by atoms with van der Waals surface area (Å²) in [4.78, 5) is 3.86. The molecule has 0 fully saturated rings. The van der Waals surface area contributed by atoms with Crippen LogP contribution in [0.1, 0.15) is 5.56 Å². The maximum absolute atomic E-state index is 8.53. The molecule has 0 unspecified atom stereocenters. The zero-order valence-electron chi connectivity index (χ0n) is 9.85. The highest BCUT2D eigenvalue weighted by molar-refractivity contribution is 6.10. The Morgan fingerprint density at radius 1 is 1.26 bits per heavy atom. The van der Waals surface area contributed by atoms with Gasteiger partial charge in [0.2, 0.25) is 5.71 Å². The van der Waals surface area contributed by atoms with Gasteiger partial charge < -0.3 is 0 Å². The Kier molecular flexibility index (Phi) is 3.84. The monoisotopic (exact) mass is 251 g/mol. The minimum Gasteiger partial charge on any atom is -0.277 e. The number of nitriles is 2. The van der Waals surface area contributed by atoms with E-state index in [4.69, 9.17) is 10.5 Å². The first kappa shape index (κ1) is 12.3. The van der Waals surface area contributed by atoms with E-state index in [1.807, 2.05) is 24.3 Å². The minimum atomic E-state index is -0.216. The van der Waals surface area contributed by atoms with Crippen molar-refractivity contribution >= 4 is 11.4 Å². The van der Waals surface area contributed by atoms with Crippen LogP contribution >= 0.6 is 0 Å². The first-order valence-electron chi connectivity index (χ1n) is 5.37. The number of hydrogen-bond acceptors (Lipinski definition) is 6. The van der Waals surface area contributed by atoms with Gasteiger partial charge in [0.25, 0.3) is 0 Å². The Labute approximate surface area is 109 Å². The topological polar surface area (TPSA) is 103 Å². The predicted molar refractivity (Wildman–Crippen MR) is 67.8 cm³/mol. The van der Waals surface area contributed by atoms with Crippen LogP contribution < -0.4 is 5.43 Å². The van der Waals surface area contributed by atoms with Gasteiger partial charge in [0, 0.05) is 0 Å². The molecule has 92 valence electrons. The third-order valence-electron chi connectivity index (χ3n) is 2.27. The van der Waals surface area contributed by atoms with Gasteiger partial charge in [0.1, 0.15) is 24.8 Å². The summed E-state index contributed by atoms with van der Waals surface area (Å²) in [5.74, 6) is 0. The minimum absolute atomic E-state index is 0.216. The molecule has 0 amide bonds. The molecule has 0 atom stereocenters. The highest BCUT2D eigenvalue weighted by Crippen LogP contribution is 2.10. The molecule has 0 saturated carbocycles. The second-order valence-corrected chi connectivity index (χ2v) is 3.59. The Balaban J connectivity index is 2.01. The van der Waals surface area contributed by atoms with Crippen molar-refractivity contribution in [1.29, 1.82) is 10.5 Å². The van der Waals surface area contributed by atoms with Crippen LogP contribution in [-0.4, -0.2) is 20.5 Å². The molecule has 1 N–H and O–H groups in total. The van der Waals surface area contributed by atoms with Gasteiger partial charge in [-0.25, -0.2) is 9.67 Å². The van der Waals surface area contributed by atoms with Crippen LogP contribution in [0.15, 0.2) is 42.0 Å². The molecule has 2 aromatic rings. The molecule has 0 aliphatic heterocycles. The van der Waals surface area contributed by atoms with E-state index in [-0.39, 0.29) is 5.71 Å². The Morgan fingerprint density at radius 3 is 2.58 bits per heavy atom. The summed E-state index contributed by atoms with van der Waals surface area (Å²) in [6, 6.07) is 10.8. The zero-order chi connectivity index (χ0) is 13.5. The lowest BCUT2D eigenvalue weighted by Crippen LogP contribution is -2.00. The van der Waals surface area contributed by atoms with Crippen molar-refractivity contribution in [3.05, 3.63) is 42.5 Å². The second-order valence-electron chi connectivity index (χ2n) is 3.59. The second kappa shape index (κ2) is 5.94. The van der Waals surface area contributed by atoms with Crippen LogP contribution in [0.3, 0.4) is 0 Å². The molecular formula is C12H9N7. The van der Waals surface area contributed by atoms with Crippen molar-refractivity contribution in [1.82, 2.24) is 14.8 Å². The van der Waals surface area contributed by atoms with E-state index in [0.717, 1.165) is 5.56 Å². The number of benzene rings is 1. The van der Waals surface area contributed by atoms with Crippen molar-refractivity contribution in [2.24, 2.45) is 5.10 Å². The van der Waals surface area contributed by atoms with Crippen LogP contribution in [0.2, 0.25) is 0 Å². The van der Waals surface area contributed by atoms with Crippen molar-refractivity contribution in [2.75, 3.05) is 5.43 Å². The lowest BCUT2D eigenvalue weighted by molar-refractivity contribution is 0.685. The van der Waals surface area contributed by atoms with E-state index < -0.39 is 0 Å². The first-order chi connectivity index (χ1) is 9.31. The number of aromatic nitrogens is 3. The van der Waals surface area contributed by atoms with E-state index in [2.05, 4.69) is 20.6 Å². The van der Waals surface area contributed by atoms with Crippen LogP contribution in [0, 0.1) is 22.7 Å². The molecule has 7 nitrogen and oxygen atoms in total. The first-order valence-corrected chi connectivity index (χ1v) is 5.37. The van der Waals surface area contributed by atoms with Gasteiger partial charge in [-0.1, -0.05) is 12.1 Å². The summed E-state index contributed by atoms with van der Waals surface area (Å²) in [7, 11) is 0. The third-order valence-corrected chi connectivity index (χ3v) is 2.27. The van der Waals surface area contributed by atoms with E-state index in [0.29, 0.717) is 12.2 Å². The Morgan fingerprint density at radius 2 is 2.00 bits per heavy atom. The largest absolute Gasteiger partial charge is 0.277 e. The van der Waals surface area contributed by atoms with Gasteiger partial charge in [-0.15, -0.1) is 0 Å². The number of nitrogens with one attached hydrogen (secondary N) is 1. The summed E-state index contributed by atoms with van der Waals surface area (Å²) in [5.41, 5.74) is 4.18. The van der Waals surface area contributed by atoms with E-state index in [9.17, 15) is 0 Å². The summed E-state index contributed by atoms with van der Waals surface area (Å²) >= 11 is 0. The fourth-order valence-corrected chi connectivity index (χ4v) is 1.38. The number of nitrogens with zero attached hydrogens (tertiary/aromatic N) is 6. The maximum atomic E-state index is 8.53. The number of anilines is 1. The third kappa shape index (κ3) is 3.38. The highest BCUT2D eigenvalue weighted by Gasteiger charge is 1.97. The van der Waals surface area contributed by atoms with Crippen LogP contribution in [0.4, 0.5) is 5.69 Å². The summed E-state index contributed by atoms with van der Waals surface area (Å²) in [6.45, 7) is 0.630. The molecule has 1 heterocycles. The van der Waals surface area contributed by atoms with E-state index >= 15 is 0 Å². The molecule has 0 radical (unpaired) electrons. The highest BCUT2D eigenvalue weighted by atomic mass is 15.3. The fraction of sp³-hybridized carbons (Fsp3) is 0.0833. The molecule has 0 bridgehead atoms. The Bertz CT molecular complexity index is 625. The lowest BCUT2D eigenvalue weighted by atomic mass is 10.2. The van der Waals surface area contributed by atoms with Crippen LogP contribution in [-0.2, 0) is 6.54 Å². The maximum Gasteiger partial charge on any atom is 0.237 e. The number of hydrogen-bond donors (Lipinski definition) is 1. The smallest absolute Gasteiger partial charge is 0.237 e. The van der Waals surface area contributed by atoms with Gasteiger partial charge in [-0.2, -0.15) is 20.7 Å². The molecule has 0 spiro atoms. The van der Waals surface area contributed by atoms with Crippen LogP contribution in [0.25, 0.3) is 0 Å². The molecular weight excluding hydrogens is 242 g/mol. The number of rotatable bonds is 4. The molecule has 0 saturated heterocycles. The predicted octanol–water partition coefficient (Wildman–Crippen LogP) is 1.14. The lowest BCUT2D eigenvalue weighted by Gasteiger charge is -2.03. The summed E-state index contributed by atoms with van der Waals surface area (Å²) < 4.78 is 1.71. The molecule has 2 rings (SSSR count). The summed E-state index contributed by atoms with van der Waals surface area (Å²) in [5, 5.41) is 24.7. The molecule has 1 aromatic heterocycles. The molecule has 7 heteroatoms. The molecule has 19 heavy (non-hydrogen) atoms. The Hall–Kier alpha value is -3.19.